The highest BCUT2D eigenvalue weighted by Crippen LogP contribution is 2.26. The number of hydrogen-bond donors (Lipinski definition) is 2. The van der Waals surface area contributed by atoms with E-state index >= 15 is 0 Å². The monoisotopic (exact) mass is 193 g/mol. The minimum atomic E-state index is 0. The summed E-state index contributed by atoms with van der Waals surface area (Å²) in [6.07, 6.45) is 7.80. The van der Waals surface area contributed by atoms with Crippen LogP contribution in [-0.2, 0) is 0 Å². The smallest absolute Gasteiger partial charge is 0.0582 e. The zero-order chi connectivity index (χ0) is 8.10. The van der Waals surface area contributed by atoms with Gasteiger partial charge in [-0.2, -0.15) is 0 Å². The number of rotatable bonds is 3. The van der Waals surface area contributed by atoms with Crippen molar-refractivity contribution < 1.29 is 5.11 Å². The van der Waals surface area contributed by atoms with E-state index in [0.717, 1.165) is 12.3 Å². The van der Waals surface area contributed by atoms with Crippen LogP contribution < -0.4 is 5.73 Å². The van der Waals surface area contributed by atoms with Gasteiger partial charge >= 0.3 is 0 Å². The zero-order valence-corrected chi connectivity index (χ0v) is 8.35. The molecule has 1 aliphatic carbocycles. The van der Waals surface area contributed by atoms with Crippen LogP contribution in [0.3, 0.4) is 0 Å². The Balaban J connectivity index is 0.00000121. The fourth-order valence-electron chi connectivity index (χ4n) is 1.93. The molecule has 0 bridgehead atoms. The van der Waals surface area contributed by atoms with Gasteiger partial charge in [0.25, 0.3) is 0 Å². The molecule has 0 aliphatic heterocycles. The first-order valence-corrected chi connectivity index (χ1v) is 4.69. The molecule has 0 heterocycles. The SMILES string of the molecule is Cl.N[C@H](CO)CC1CCCCC1. The molecular formula is C9H20ClNO. The summed E-state index contributed by atoms with van der Waals surface area (Å²) in [5.41, 5.74) is 5.65. The molecule has 0 amide bonds. The summed E-state index contributed by atoms with van der Waals surface area (Å²) in [6.45, 7) is 0.149. The molecule has 12 heavy (non-hydrogen) atoms. The van der Waals surface area contributed by atoms with Crippen molar-refractivity contribution in [3.8, 4) is 0 Å². The summed E-state index contributed by atoms with van der Waals surface area (Å²) < 4.78 is 0. The van der Waals surface area contributed by atoms with Crippen molar-refractivity contribution in [2.45, 2.75) is 44.6 Å². The predicted molar refractivity (Wildman–Crippen MR) is 53.5 cm³/mol. The Labute approximate surface area is 80.9 Å². The van der Waals surface area contributed by atoms with Gasteiger partial charge in [0, 0.05) is 6.04 Å². The molecule has 0 aromatic carbocycles. The van der Waals surface area contributed by atoms with Crippen LogP contribution in [0, 0.1) is 5.92 Å². The Morgan fingerprint density at radius 1 is 1.25 bits per heavy atom. The van der Waals surface area contributed by atoms with Crippen molar-refractivity contribution in [3.63, 3.8) is 0 Å². The van der Waals surface area contributed by atoms with Crippen LogP contribution in [0.15, 0.2) is 0 Å². The molecule has 0 unspecified atom stereocenters. The molecule has 1 fully saturated rings. The summed E-state index contributed by atoms with van der Waals surface area (Å²) in [6, 6.07) is 0.0260. The third kappa shape index (κ3) is 4.29. The molecule has 1 atom stereocenters. The fourth-order valence-corrected chi connectivity index (χ4v) is 1.93. The number of aliphatic hydroxyl groups excluding tert-OH is 1. The molecular weight excluding hydrogens is 174 g/mol. The van der Waals surface area contributed by atoms with Crippen LogP contribution in [0.4, 0.5) is 0 Å². The number of halogens is 1. The molecule has 2 nitrogen and oxygen atoms in total. The summed E-state index contributed by atoms with van der Waals surface area (Å²) in [5, 5.41) is 8.74. The maximum atomic E-state index is 8.74. The van der Waals surface area contributed by atoms with E-state index < -0.39 is 0 Å². The van der Waals surface area contributed by atoms with Crippen LogP contribution in [0.25, 0.3) is 0 Å². The van der Waals surface area contributed by atoms with Crippen LogP contribution in [0.1, 0.15) is 38.5 Å². The topological polar surface area (TPSA) is 46.2 Å². The van der Waals surface area contributed by atoms with Gasteiger partial charge in [0.15, 0.2) is 0 Å². The van der Waals surface area contributed by atoms with Crippen LogP contribution >= 0.6 is 12.4 Å². The van der Waals surface area contributed by atoms with Gasteiger partial charge in [-0.25, -0.2) is 0 Å². The Bertz CT molecular complexity index is 105. The van der Waals surface area contributed by atoms with Crippen molar-refractivity contribution in [2.24, 2.45) is 11.7 Å². The van der Waals surface area contributed by atoms with Crippen molar-refractivity contribution >= 4 is 12.4 Å². The molecule has 0 radical (unpaired) electrons. The van der Waals surface area contributed by atoms with Crippen LogP contribution in [0.5, 0.6) is 0 Å². The van der Waals surface area contributed by atoms with Gasteiger partial charge < -0.3 is 10.8 Å². The molecule has 1 aliphatic rings. The minimum Gasteiger partial charge on any atom is -0.395 e. The quantitative estimate of drug-likeness (QED) is 0.717. The average Bonchev–Trinajstić information content (AvgIpc) is 2.06. The third-order valence-electron chi connectivity index (χ3n) is 2.60. The van der Waals surface area contributed by atoms with Gasteiger partial charge in [-0.15, -0.1) is 12.4 Å². The summed E-state index contributed by atoms with van der Waals surface area (Å²) in [5.74, 6) is 0.797. The second-order valence-electron chi connectivity index (χ2n) is 3.68. The number of hydrogen-bond acceptors (Lipinski definition) is 2. The number of aliphatic hydroxyl groups is 1. The molecule has 0 aromatic rings. The molecule has 0 saturated heterocycles. The molecule has 3 heteroatoms. The standard InChI is InChI=1S/C9H19NO.ClH/c10-9(7-11)6-8-4-2-1-3-5-8;/h8-9,11H,1-7,10H2;1H/t9-;/m0./s1. The molecule has 1 rings (SSSR count). The number of nitrogens with two attached hydrogens (primary N) is 1. The first-order chi connectivity index (χ1) is 5.33. The van der Waals surface area contributed by atoms with Crippen LogP contribution in [0.2, 0.25) is 0 Å². The van der Waals surface area contributed by atoms with E-state index in [1.54, 1.807) is 0 Å². The molecule has 1 saturated carbocycles. The van der Waals surface area contributed by atoms with Crippen molar-refractivity contribution in [1.82, 2.24) is 0 Å². The van der Waals surface area contributed by atoms with Gasteiger partial charge in [-0.3, -0.25) is 0 Å². The first kappa shape index (κ1) is 12.2. The second kappa shape index (κ2) is 6.70. The van der Waals surface area contributed by atoms with Gasteiger partial charge in [0.2, 0.25) is 0 Å². The maximum absolute atomic E-state index is 8.74. The van der Waals surface area contributed by atoms with E-state index in [1.165, 1.54) is 32.1 Å². The van der Waals surface area contributed by atoms with Gasteiger partial charge in [0.1, 0.15) is 0 Å². The lowest BCUT2D eigenvalue weighted by atomic mass is 9.85. The highest BCUT2D eigenvalue weighted by Gasteiger charge is 2.15. The lowest BCUT2D eigenvalue weighted by Gasteiger charge is -2.23. The lowest BCUT2D eigenvalue weighted by Crippen LogP contribution is -2.28. The van der Waals surface area contributed by atoms with Gasteiger partial charge in [-0.05, 0) is 12.3 Å². The average molecular weight is 194 g/mol. The van der Waals surface area contributed by atoms with Gasteiger partial charge in [0.05, 0.1) is 6.61 Å². The Morgan fingerprint density at radius 2 is 1.83 bits per heavy atom. The minimum absolute atomic E-state index is 0. The van der Waals surface area contributed by atoms with E-state index in [2.05, 4.69) is 0 Å². The summed E-state index contributed by atoms with van der Waals surface area (Å²) in [4.78, 5) is 0. The Kier molecular flexibility index (Phi) is 6.81. The van der Waals surface area contributed by atoms with E-state index in [1.807, 2.05) is 0 Å². The second-order valence-corrected chi connectivity index (χ2v) is 3.68. The van der Waals surface area contributed by atoms with Crippen molar-refractivity contribution in [3.05, 3.63) is 0 Å². The first-order valence-electron chi connectivity index (χ1n) is 4.69. The lowest BCUT2D eigenvalue weighted by molar-refractivity contribution is 0.228. The molecule has 0 aromatic heterocycles. The Hall–Kier alpha value is 0.210. The highest BCUT2D eigenvalue weighted by molar-refractivity contribution is 5.85. The maximum Gasteiger partial charge on any atom is 0.0582 e. The van der Waals surface area contributed by atoms with Crippen LogP contribution in [-0.4, -0.2) is 17.8 Å². The predicted octanol–water partition coefficient (Wildman–Crippen LogP) is 1.70. The summed E-state index contributed by atoms with van der Waals surface area (Å²) >= 11 is 0. The normalized spacial score (nSPS) is 21.5. The van der Waals surface area contributed by atoms with Crippen molar-refractivity contribution in [2.75, 3.05) is 6.61 Å². The largest absolute Gasteiger partial charge is 0.395 e. The molecule has 3 N–H and O–H groups in total. The van der Waals surface area contributed by atoms with E-state index in [-0.39, 0.29) is 25.1 Å². The third-order valence-corrected chi connectivity index (χ3v) is 2.60. The van der Waals surface area contributed by atoms with E-state index in [0.29, 0.717) is 0 Å². The zero-order valence-electron chi connectivity index (χ0n) is 7.54. The molecule has 0 spiro atoms. The fraction of sp³-hybridized carbons (Fsp3) is 1.00. The van der Waals surface area contributed by atoms with Gasteiger partial charge in [-0.1, -0.05) is 32.1 Å². The Morgan fingerprint density at radius 3 is 2.33 bits per heavy atom. The summed E-state index contributed by atoms with van der Waals surface area (Å²) in [7, 11) is 0. The molecule has 74 valence electrons. The van der Waals surface area contributed by atoms with E-state index in [9.17, 15) is 0 Å². The highest BCUT2D eigenvalue weighted by atomic mass is 35.5. The van der Waals surface area contributed by atoms with Crippen molar-refractivity contribution in [1.29, 1.82) is 0 Å². The van der Waals surface area contributed by atoms with E-state index in [4.69, 9.17) is 10.8 Å².